The van der Waals surface area contributed by atoms with E-state index in [0.717, 1.165) is 12.0 Å². The molecule has 2 aromatic carbocycles. The molecule has 1 aliphatic heterocycles. The van der Waals surface area contributed by atoms with E-state index in [2.05, 4.69) is 12.1 Å². The Kier molecular flexibility index (Phi) is 5.57. The highest BCUT2D eigenvalue weighted by molar-refractivity contribution is 7.89. The summed E-state index contributed by atoms with van der Waals surface area (Å²) in [6.07, 6.45) is 1.53. The third-order valence-corrected chi connectivity index (χ3v) is 6.87. The second kappa shape index (κ2) is 7.68. The van der Waals surface area contributed by atoms with Crippen molar-refractivity contribution in [3.63, 3.8) is 0 Å². The van der Waals surface area contributed by atoms with E-state index < -0.39 is 10.0 Å². The van der Waals surface area contributed by atoms with Crippen LogP contribution in [0.4, 0.5) is 0 Å². The molecule has 0 spiro atoms. The number of benzene rings is 2. The Hall–Kier alpha value is -1.69. The summed E-state index contributed by atoms with van der Waals surface area (Å²) in [5.74, 6) is 0.405. The van der Waals surface area contributed by atoms with Crippen LogP contribution in [-0.2, 0) is 10.0 Å². The lowest BCUT2D eigenvalue weighted by Crippen LogP contribution is -2.29. The molecule has 1 heterocycles. The topological polar surface area (TPSA) is 57.6 Å². The van der Waals surface area contributed by atoms with Crippen LogP contribution in [0.15, 0.2) is 59.5 Å². The molecule has 4 nitrogen and oxygen atoms in total. The van der Waals surface area contributed by atoms with E-state index in [0.29, 0.717) is 24.4 Å². The molecule has 25 heavy (non-hydrogen) atoms. The van der Waals surface area contributed by atoms with Gasteiger partial charge < -0.3 is 5.11 Å². The zero-order valence-electron chi connectivity index (χ0n) is 14.5. The van der Waals surface area contributed by atoms with E-state index in [4.69, 9.17) is 0 Å². The lowest BCUT2D eigenvalue weighted by Gasteiger charge is -2.18. The average molecular weight is 359 g/mol. The zero-order valence-corrected chi connectivity index (χ0v) is 15.3. The minimum atomic E-state index is -3.48. The quantitative estimate of drug-likeness (QED) is 0.862. The molecular weight excluding hydrogens is 334 g/mol. The second-order valence-electron chi connectivity index (χ2n) is 6.78. The first-order chi connectivity index (χ1) is 12.0. The van der Waals surface area contributed by atoms with E-state index in [1.54, 1.807) is 16.4 Å². The number of aryl methyl sites for hydroxylation is 1. The van der Waals surface area contributed by atoms with E-state index in [1.807, 2.05) is 37.3 Å². The molecule has 1 aliphatic rings. The van der Waals surface area contributed by atoms with Gasteiger partial charge in [0.25, 0.3) is 0 Å². The minimum absolute atomic E-state index is 0.142. The van der Waals surface area contributed by atoms with Crippen molar-refractivity contribution in [1.82, 2.24) is 4.31 Å². The van der Waals surface area contributed by atoms with Crippen LogP contribution in [0, 0.1) is 12.8 Å². The molecule has 0 radical (unpaired) electrons. The van der Waals surface area contributed by atoms with Crippen LogP contribution in [0.2, 0.25) is 0 Å². The minimum Gasteiger partial charge on any atom is -0.396 e. The van der Waals surface area contributed by atoms with Gasteiger partial charge in [-0.2, -0.15) is 4.31 Å². The molecule has 2 aromatic rings. The van der Waals surface area contributed by atoms with Crippen LogP contribution in [0.1, 0.15) is 29.9 Å². The molecule has 0 unspecified atom stereocenters. The maximum Gasteiger partial charge on any atom is 0.243 e. The number of rotatable bonds is 6. The van der Waals surface area contributed by atoms with E-state index in [1.165, 1.54) is 5.56 Å². The number of aliphatic hydroxyl groups is 1. The van der Waals surface area contributed by atoms with Gasteiger partial charge in [0.15, 0.2) is 0 Å². The molecule has 0 aliphatic carbocycles. The molecule has 1 fully saturated rings. The SMILES string of the molecule is Cc1ccc(S(=O)(=O)N2C[C@@H](CCCO)[C@H](c3ccccc3)C2)cc1. The van der Waals surface area contributed by atoms with Gasteiger partial charge in [0, 0.05) is 25.6 Å². The van der Waals surface area contributed by atoms with Crippen molar-refractivity contribution in [3.8, 4) is 0 Å². The van der Waals surface area contributed by atoms with Crippen LogP contribution in [-0.4, -0.2) is 37.5 Å². The molecule has 0 amide bonds. The van der Waals surface area contributed by atoms with Gasteiger partial charge >= 0.3 is 0 Å². The zero-order chi connectivity index (χ0) is 17.9. The fourth-order valence-corrected chi connectivity index (χ4v) is 5.13. The van der Waals surface area contributed by atoms with Crippen molar-refractivity contribution in [2.24, 2.45) is 5.92 Å². The molecule has 5 heteroatoms. The van der Waals surface area contributed by atoms with Gasteiger partial charge in [0.05, 0.1) is 4.90 Å². The number of nitrogens with zero attached hydrogens (tertiary/aromatic N) is 1. The van der Waals surface area contributed by atoms with Crippen molar-refractivity contribution in [1.29, 1.82) is 0 Å². The smallest absolute Gasteiger partial charge is 0.243 e. The number of aliphatic hydroxyl groups excluding tert-OH is 1. The summed E-state index contributed by atoms with van der Waals surface area (Å²) in [6.45, 7) is 3.09. The van der Waals surface area contributed by atoms with Gasteiger partial charge in [-0.25, -0.2) is 8.42 Å². The van der Waals surface area contributed by atoms with Crippen LogP contribution in [0.3, 0.4) is 0 Å². The largest absolute Gasteiger partial charge is 0.396 e. The van der Waals surface area contributed by atoms with Crippen LogP contribution in [0.5, 0.6) is 0 Å². The Morgan fingerprint density at radius 3 is 2.36 bits per heavy atom. The van der Waals surface area contributed by atoms with Gasteiger partial charge in [-0.05, 0) is 43.4 Å². The fourth-order valence-electron chi connectivity index (χ4n) is 3.61. The lowest BCUT2D eigenvalue weighted by molar-refractivity contribution is 0.269. The van der Waals surface area contributed by atoms with Crippen molar-refractivity contribution >= 4 is 10.0 Å². The normalized spacial score (nSPS) is 21.5. The van der Waals surface area contributed by atoms with Gasteiger partial charge in [0.1, 0.15) is 0 Å². The maximum atomic E-state index is 13.0. The van der Waals surface area contributed by atoms with Crippen LogP contribution in [0.25, 0.3) is 0 Å². The Morgan fingerprint density at radius 2 is 1.72 bits per heavy atom. The van der Waals surface area contributed by atoms with Crippen molar-refractivity contribution in [3.05, 3.63) is 65.7 Å². The van der Waals surface area contributed by atoms with Crippen LogP contribution < -0.4 is 0 Å². The molecule has 0 aromatic heterocycles. The Balaban J connectivity index is 1.86. The van der Waals surface area contributed by atoms with E-state index in [-0.39, 0.29) is 18.4 Å². The molecule has 2 atom stereocenters. The summed E-state index contributed by atoms with van der Waals surface area (Å²) in [6, 6.07) is 17.1. The molecule has 134 valence electrons. The summed E-state index contributed by atoms with van der Waals surface area (Å²) in [7, 11) is -3.48. The third-order valence-electron chi connectivity index (χ3n) is 5.03. The maximum absolute atomic E-state index is 13.0. The second-order valence-corrected chi connectivity index (χ2v) is 8.72. The summed E-state index contributed by atoms with van der Waals surface area (Å²) in [5.41, 5.74) is 2.22. The Labute approximate surface area is 150 Å². The van der Waals surface area contributed by atoms with Gasteiger partial charge in [-0.3, -0.25) is 0 Å². The first-order valence-corrected chi connectivity index (χ1v) is 10.2. The number of hydrogen-bond acceptors (Lipinski definition) is 3. The predicted octanol–water partition coefficient (Wildman–Crippen LogP) is 3.17. The van der Waals surface area contributed by atoms with Gasteiger partial charge in [-0.15, -0.1) is 0 Å². The lowest BCUT2D eigenvalue weighted by atomic mass is 9.86. The highest BCUT2D eigenvalue weighted by Crippen LogP contribution is 2.38. The monoisotopic (exact) mass is 359 g/mol. The summed E-state index contributed by atoms with van der Waals surface area (Å²) >= 11 is 0. The van der Waals surface area contributed by atoms with E-state index in [9.17, 15) is 13.5 Å². The van der Waals surface area contributed by atoms with E-state index >= 15 is 0 Å². The first kappa shape index (κ1) is 18.1. The molecule has 0 bridgehead atoms. The third kappa shape index (κ3) is 3.94. The van der Waals surface area contributed by atoms with Gasteiger partial charge in [-0.1, -0.05) is 48.0 Å². The highest BCUT2D eigenvalue weighted by Gasteiger charge is 2.39. The van der Waals surface area contributed by atoms with Crippen LogP contribution >= 0.6 is 0 Å². The van der Waals surface area contributed by atoms with Crippen molar-refractivity contribution in [2.75, 3.05) is 19.7 Å². The summed E-state index contributed by atoms with van der Waals surface area (Å²) in [5, 5.41) is 9.18. The highest BCUT2D eigenvalue weighted by atomic mass is 32.2. The Bertz CT molecular complexity index is 787. The Morgan fingerprint density at radius 1 is 1.04 bits per heavy atom. The standard InChI is InChI=1S/C20H25NO3S/c1-16-9-11-19(12-10-16)25(23,24)21-14-18(8-5-13-22)20(15-21)17-6-3-2-4-7-17/h2-4,6-7,9-12,18,20,22H,5,8,13-15H2,1H3/t18-,20+/m1/s1. The van der Waals surface area contributed by atoms with Crippen molar-refractivity contribution in [2.45, 2.75) is 30.6 Å². The molecular formula is C20H25NO3S. The average Bonchev–Trinajstić information content (AvgIpc) is 3.06. The first-order valence-electron chi connectivity index (χ1n) is 8.75. The molecule has 1 saturated heterocycles. The summed E-state index contributed by atoms with van der Waals surface area (Å²) < 4.78 is 27.6. The van der Waals surface area contributed by atoms with Crippen molar-refractivity contribution < 1.29 is 13.5 Å². The molecule has 3 rings (SSSR count). The number of sulfonamides is 1. The van der Waals surface area contributed by atoms with Gasteiger partial charge in [0.2, 0.25) is 10.0 Å². The molecule has 1 N–H and O–H groups in total. The fraction of sp³-hybridized carbons (Fsp3) is 0.400. The predicted molar refractivity (Wildman–Crippen MR) is 98.9 cm³/mol. The summed E-state index contributed by atoms with van der Waals surface area (Å²) in [4.78, 5) is 0.354. The molecule has 0 saturated carbocycles. The number of hydrogen-bond donors (Lipinski definition) is 1.